The molecule has 0 bridgehead atoms. The molecule has 7 nitrogen and oxygen atoms in total. The maximum absolute atomic E-state index is 12.4. The maximum Gasteiger partial charge on any atom is 0.375 e. The van der Waals surface area contributed by atoms with Crippen molar-refractivity contribution in [3.63, 3.8) is 0 Å². The van der Waals surface area contributed by atoms with E-state index in [-0.39, 0.29) is 16.7 Å². The number of carbonyl (C=O) groups excluding carboxylic acids is 2. The van der Waals surface area contributed by atoms with Gasteiger partial charge in [-0.2, -0.15) is 0 Å². The highest BCUT2D eigenvalue weighted by Crippen LogP contribution is 2.24. The molecule has 0 aliphatic carbocycles. The average Bonchev–Trinajstić information content (AvgIpc) is 2.70. The average molecular weight is 416 g/mol. The van der Waals surface area contributed by atoms with Crippen LogP contribution in [0, 0.1) is 0 Å². The minimum atomic E-state index is -1.14. The molecule has 0 saturated carbocycles. The van der Waals surface area contributed by atoms with Crippen molar-refractivity contribution < 1.29 is 23.5 Å². The smallest absolute Gasteiger partial charge is 0.375 e. The van der Waals surface area contributed by atoms with Crippen LogP contribution < -0.4 is 15.5 Å². The number of rotatable bonds is 6. The third-order valence-corrected chi connectivity index (χ3v) is 4.22. The molecule has 150 valence electrons. The minimum Gasteiger partial charge on any atom is -0.492 e. The van der Waals surface area contributed by atoms with Crippen molar-refractivity contribution in [3.8, 4) is 5.75 Å². The molecule has 2 aromatic carbocycles. The summed E-state index contributed by atoms with van der Waals surface area (Å²) >= 11 is 5.87. The molecule has 0 spiro atoms. The Morgan fingerprint density at radius 2 is 1.93 bits per heavy atom. The van der Waals surface area contributed by atoms with Crippen molar-refractivity contribution in [1.82, 2.24) is 0 Å². The van der Waals surface area contributed by atoms with Gasteiger partial charge in [-0.05, 0) is 44.2 Å². The van der Waals surface area contributed by atoms with Gasteiger partial charge in [-0.1, -0.05) is 23.7 Å². The normalized spacial score (nSPS) is 11.7. The first kappa shape index (κ1) is 20.4. The molecule has 1 amide bonds. The lowest BCUT2D eigenvalue weighted by Gasteiger charge is -2.15. The molecule has 8 heteroatoms. The van der Waals surface area contributed by atoms with Crippen molar-refractivity contribution in [2.24, 2.45) is 0 Å². The number of nitrogens with one attached hydrogen (secondary N) is 1. The quantitative estimate of drug-likeness (QED) is 0.611. The second-order valence-corrected chi connectivity index (χ2v) is 6.52. The first-order valence-corrected chi connectivity index (χ1v) is 9.24. The fourth-order valence-electron chi connectivity index (χ4n) is 2.59. The summed E-state index contributed by atoms with van der Waals surface area (Å²) in [4.78, 5) is 37.0. The van der Waals surface area contributed by atoms with Crippen LogP contribution in [-0.2, 0) is 9.53 Å². The number of anilines is 1. The Balaban J connectivity index is 1.73. The molecule has 0 saturated heterocycles. The zero-order valence-corrected chi connectivity index (χ0v) is 16.5. The summed E-state index contributed by atoms with van der Waals surface area (Å²) in [5.41, 5.74) is 0.205. The molecular weight excluding hydrogens is 398 g/mol. The molecule has 1 heterocycles. The second-order valence-electron chi connectivity index (χ2n) is 6.08. The third-order valence-electron chi connectivity index (χ3n) is 3.99. The maximum atomic E-state index is 12.4. The summed E-state index contributed by atoms with van der Waals surface area (Å²) in [6.07, 6.45) is -1.14. The highest BCUT2D eigenvalue weighted by molar-refractivity contribution is 6.31. The summed E-state index contributed by atoms with van der Waals surface area (Å²) < 4.78 is 16.0. The van der Waals surface area contributed by atoms with E-state index in [1.54, 1.807) is 24.3 Å². The van der Waals surface area contributed by atoms with Gasteiger partial charge >= 0.3 is 5.97 Å². The van der Waals surface area contributed by atoms with Crippen molar-refractivity contribution in [2.75, 3.05) is 11.9 Å². The Morgan fingerprint density at radius 3 is 2.69 bits per heavy atom. The number of amides is 1. The molecule has 0 unspecified atom stereocenters. The van der Waals surface area contributed by atoms with E-state index < -0.39 is 23.4 Å². The Labute approximate surface area is 171 Å². The number of fused-ring (bicyclic) bond motifs is 1. The molecule has 1 atom stereocenters. The SMILES string of the molecule is CCOc1ccccc1NC(=O)[C@H](C)OC(=O)c1cc(=O)c2cc(Cl)ccc2o1. The highest BCUT2D eigenvalue weighted by Gasteiger charge is 2.22. The van der Waals surface area contributed by atoms with Crippen LogP contribution in [0.5, 0.6) is 5.75 Å². The van der Waals surface area contributed by atoms with Gasteiger partial charge < -0.3 is 19.2 Å². The number of benzene rings is 2. The largest absolute Gasteiger partial charge is 0.492 e. The predicted octanol–water partition coefficient (Wildman–Crippen LogP) is 4.03. The second kappa shape index (κ2) is 8.79. The van der Waals surface area contributed by atoms with Crippen LogP contribution in [0.3, 0.4) is 0 Å². The van der Waals surface area contributed by atoms with Crippen LogP contribution in [0.25, 0.3) is 11.0 Å². The van der Waals surface area contributed by atoms with E-state index in [9.17, 15) is 14.4 Å². The number of hydrogen-bond donors (Lipinski definition) is 1. The summed E-state index contributed by atoms with van der Waals surface area (Å²) in [7, 11) is 0. The highest BCUT2D eigenvalue weighted by atomic mass is 35.5. The van der Waals surface area contributed by atoms with Crippen molar-refractivity contribution in [2.45, 2.75) is 20.0 Å². The van der Waals surface area contributed by atoms with Crippen LogP contribution in [0.2, 0.25) is 5.02 Å². The predicted molar refractivity (Wildman–Crippen MR) is 109 cm³/mol. The molecule has 0 radical (unpaired) electrons. The van der Waals surface area contributed by atoms with Gasteiger partial charge in [0.15, 0.2) is 11.5 Å². The van der Waals surface area contributed by atoms with Gasteiger partial charge in [-0.25, -0.2) is 4.79 Å². The number of para-hydroxylation sites is 2. The van der Waals surface area contributed by atoms with Crippen LogP contribution in [0.15, 0.2) is 57.7 Å². The van der Waals surface area contributed by atoms with Gasteiger partial charge in [0.05, 0.1) is 17.7 Å². The molecule has 0 aliphatic heterocycles. The van der Waals surface area contributed by atoms with Crippen LogP contribution in [0.1, 0.15) is 24.4 Å². The molecule has 1 aromatic heterocycles. The van der Waals surface area contributed by atoms with Gasteiger partial charge in [0.2, 0.25) is 5.76 Å². The number of hydrogen-bond acceptors (Lipinski definition) is 6. The lowest BCUT2D eigenvalue weighted by Crippen LogP contribution is -2.30. The lowest BCUT2D eigenvalue weighted by molar-refractivity contribution is -0.123. The van der Waals surface area contributed by atoms with Gasteiger partial charge in [0.1, 0.15) is 11.3 Å². The van der Waals surface area contributed by atoms with E-state index in [1.165, 1.54) is 25.1 Å². The zero-order valence-electron chi connectivity index (χ0n) is 15.7. The Kier molecular flexibility index (Phi) is 6.19. The zero-order chi connectivity index (χ0) is 21.0. The van der Waals surface area contributed by atoms with E-state index in [0.29, 0.717) is 23.1 Å². The van der Waals surface area contributed by atoms with E-state index in [0.717, 1.165) is 6.07 Å². The number of halogens is 1. The summed E-state index contributed by atoms with van der Waals surface area (Å²) in [5.74, 6) is -1.29. The van der Waals surface area contributed by atoms with Gasteiger partial charge in [0, 0.05) is 11.1 Å². The van der Waals surface area contributed by atoms with E-state index in [1.807, 2.05) is 6.92 Å². The number of ether oxygens (including phenoxy) is 2. The third kappa shape index (κ3) is 4.75. The summed E-state index contributed by atoms with van der Waals surface area (Å²) in [6, 6.07) is 12.4. The number of carbonyl (C=O) groups is 2. The molecule has 3 rings (SSSR count). The van der Waals surface area contributed by atoms with E-state index >= 15 is 0 Å². The fraction of sp³-hybridized carbons (Fsp3) is 0.190. The summed E-state index contributed by atoms with van der Waals surface area (Å²) in [6.45, 7) is 3.67. The number of esters is 1. The van der Waals surface area contributed by atoms with Crippen molar-refractivity contribution >= 4 is 40.1 Å². The standard InChI is InChI=1S/C21H18ClNO6/c1-3-27-18-7-5-4-6-15(18)23-20(25)12(2)28-21(26)19-11-16(24)14-10-13(22)8-9-17(14)29-19/h4-12H,3H2,1-2H3,(H,23,25)/t12-/m0/s1. The topological polar surface area (TPSA) is 94.8 Å². The Hall–Kier alpha value is -3.32. The first-order valence-electron chi connectivity index (χ1n) is 8.86. The van der Waals surface area contributed by atoms with Gasteiger partial charge in [-0.15, -0.1) is 0 Å². The van der Waals surface area contributed by atoms with E-state index in [4.69, 9.17) is 25.5 Å². The van der Waals surface area contributed by atoms with Gasteiger partial charge in [-0.3, -0.25) is 9.59 Å². The Morgan fingerprint density at radius 1 is 1.17 bits per heavy atom. The first-order chi connectivity index (χ1) is 13.9. The molecule has 3 aromatic rings. The molecule has 29 heavy (non-hydrogen) atoms. The van der Waals surface area contributed by atoms with Crippen molar-refractivity contribution in [3.05, 3.63) is 69.5 Å². The molecule has 0 aliphatic rings. The summed E-state index contributed by atoms with van der Waals surface area (Å²) in [5, 5.41) is 3.27. The lowest BCUT2D eigenvalue weighted by atomic mass is 10.2. The molecule has 1 N–H and O–H groups in total. The van der Waals surface area contributed by atoms with Crippen molar-refractivity contribution in [1.29, 1.82) is 0 Å². The van der Waals surface area contributed by atoms with Crippen LogP contribution in [0.4, 0.5) is 5.69 Å². The van der Waals surface area contributed by atoms with Crippen LogP contribution >= 0.6 is 11.6 Å². The monoisotopic (exact) mass is 415 g/mol. The molecular formula is C21H18ClNO6. The van der Waals surface area contributed by atoms with Crippen LogP contribution in [-0.4, -0.2) is 24.6 Å². The molecule has 0 fully saturated rings. The van der Waals surface area contributed by atoms with E-state index in [2.05, 4.69) is 5.32 Å². The Bertz CT molecular complexity index is 1120. The minimum absolute atomic E-state index is 0.191. The fourth-order valence-corrected chi connectivity index (χ4v) is 2.76. The van der Waals surface area contributed by atoms with Gasteiger partial charge in [0.25, 0.3) is 5.91 Å².